The highest BCUT2D eigenvalue weighted by molar-refractivity contribution is 7.98. The molecule has 2 rings (SSSR count). The quantitative estimate of drug-likeness (QED) is 0.717. The Hall–Kier alpha value is -1.73. The van der Waals surface area contributed by atoms with Crippen molar-refractivity contribution in [2.75, 3.05) is 49.6 Å². The predicted octanol–water partition coefficient (Wildman–Crippen LogP) is 0.922. The van der Waals surface area contributed by atoms with Crippen LogP contribution in [-0.4, -0.2) is 67.5 Å². The van der Waals surface area contributed by atoms with E-state index in [1.807, 2.05) is 29.4 Å². The van der Waals surface area contributed by atoms with Gasteiger partial charge in [0.25, 0.3) is 0 Å². The number of thioether (sulfide) groups is 1. The van der Waals surface area contributed by atoms with Crippen LogP contribution in [0.4, 0.5) is 5.69 Å². The molecule has 1 fully saturated rings. The molecule has 1 saturated heterocycles. The Bertz CT molecular complexity index is 547. The SMILES string of the molecule is CSCC[C@H](N)C(=O)NCCC(=O)N1CCN(c2ccccc2)CC1. The highest BCUT2D eigenvalue weighted by atomic mass is 32.2. The minimum absolute atomic E-state index is 0.0886. The first kappa shape index (κ1) is 19.6. The van der Waals surface area contributed by atoms with Gasteiger partial charge in [-0.1, -0.05) is 18.2 Å². The van der Waals surface area contributed by atoms with Crippen molar-refractivity contribution in [1.82, 2.24) is 10.2 Å². The van der Waals surface area contributed by atoms with Crippen molar-refractivity contribution in [2.45, 2.75) is 18.9 Å². The Morgan fingerprint density at radius 2 is 1.88 bits per heavy atom. The number of amides is 2. The van der Waals surface area contributed by atoms with Gasteiger partial charge in [0.05, 0.1) is 6.04 Å². The molecule has 1 heterocycles. The van der Waals surface area contributed by atoms with E-state index in [-0.39, 0.29) is 11.8 Å². The van der Waals surface area contributed by atoms with Gasteiger partial charge in [-0.15, -0.1) is 0 Å². The zero-order chi connectivity index (χ0) is 18.1. The second kappa shape index (κ2) is 10.3. The molecule has 7 heteroatoms. The average Bonchev–Trinajstić information content (AvgIpc) is 2.66. The minimum atomic E-state index is -0.489. The second-order valence-electron chi connectivity index (χ2n) is 6.13. The van der Waals surface area contributed by atoms with E-state index >= 15 is 0 Å². The molecule has 1 atom stereocenters. The van der Waals surface area contributed by atoms with Crippen molar-refractivity contribution in [1.29, 1.82) is 0 Å². The maximum Gasteiger partial charge on any atom is 0.236 e. The Morgan fingerprint density at radius 3 is 2.52 bits per heavy atom. The normalized spacial score (nSPS) is 15.8. The van der Waals surface area contributed by atoms with E-state index in [2.05, 4.69) is 22.3 Å². The van der Waals surface area contributed by atoms with Gasteiger partial charge in [0.15, 0.2) is 0 Å². The van der Waals surface area contributed by atoms with Crippen molar-refractivity contribution in [2.24, 2.45) is 5.73 Å². The van der Waals surface area contributed by atoms with E-state index in [1.165, 1.54) is 5.69 Å². The van der Waals surface area contributed by atoms with E-state index in [9.17, 15) is 9.59 Å². The highest BCUT2D eigenvalue weighted by Crippen LogP contribution is 2.15. The number of carbonyl (C=O) groups is 2. The van der Waals surface area contributed by atoms with Crippen molar-refractivity contribution < 1.29 is 9.59 Å². The molecular formula is C18H28N4O2S. The monoisotopic (exact) mass is 364 g/mol. The summed E-state index contributed by atoms with van der Waals surface area (Å²) in [4.78, 5) is 28.3. The lowest BCUT2D eigenvalue weighted by atomic mass is 10.2. The Morgan fingerprint density at radius 1 is 1.20 bits per heavy atom. The maximum absolute atomic E-state index is 12.3. The molecule has 0 aromatic heterocycles. The summed E-state index contributed by atoms with van der Waals surface area (Å²) in [5.41, 5.74) is 7.00. The maximum atomic E-state index is 12.3. The van der Waals surface area contributed by atoms with Crippen LogP contribution < -0.4 is 16.0 Å². The smallest absolute Gasteiger partial charge is 0.236 e. The molecule has 0 saturated carbocycles. The molecular weight excluding hydrogens is 336 g/mol. The number of hydrogen-bond donors (Lipinski definition) is 2. The first-order chi connectivity index (χ1) is 12.1. The number of hydrogen-bond acceptors (Lipinski definition) is 5. The van der Waals surface area contributed by atoms with Gasteiger partial charge in [0.1, 0.15) is 0 Å². The molecule has 2 amide bonds. The van der Waals surface area contributed by atoms with Crippen LogP contribution in [0.5, 0.6) is 0 Å². The van der Waals surface area contributed by atoms with E-state index in [1.54, 1.807) is 11.8 Å². The summed E-state index contributed by atoms with van der Waals surface area (Å²) < 4.78 is 0. The fourth-order valence-corrected chi connectivity index (χ4v) is 3.30. The lowest BCUT2D eigenvalue weighted by molar-refractivity contribution is -0.131. The topological polar surface area (TPSA) is 78.7 Å². The molecule has 1 aliphatic rings. The van der Waals surface area contributed by atoms with Crippen LogP contribution in [0.1, 0.15) is 12.8 Å². The third-order valence-corrected chi connectivity index (χ3v) is 5.01. The second-order valence-corrected chi connectivity index (χ2v) is 7.12. The fraction of sp³-hybridized carbons (Fsp3) is 0.556. The fourth-order valence-electron chi connectivity index (χ4n) is 2.81. The van der Waals surface area contributed by atoms with Gasteiger partial charge in [-0.2, -0.15) is 11.8 Å². The number of anilines is 1. The van der Waals surface area contributed by atoms with Crippen molar-refractivity contribution in [3.05, 3.63) is 30.3 Å². The zero-order valence-corrected chi connectivity index (χ0v) is 15.6. The van der Waals surface area contributed by atoms with Crippen LogP contribution in [0.3, 0.4) is 0 Å². The van der Waals surface area contributed by atoms with E-state index < -0.39 is 6.04 Å². The van der Waals surface area contributed by atoms with Crippen LogP contribution in [0.15, 0.2) is 30.3 Å². The number of carbonyl (C=O) groups excluding carboxylic acids is 2. The van der Waals surface area contributed by atoms with E-state index in [4.69, 9.17) is 5.73 Å². The highest BCUT2D eigenvalue weighted by Gasteiger charge is 2.21. The summed E-state index contributed by atoms with van der Waals surface area (Å²) in [6.45, 7) is 3.46. The van der Waals surface area contributed by atoms with Gasteiger partial charge in [-0.3, -0.25) is 9.59 Å². The molecule has 0 bridgehead atoms. The van der Waals surface area contributed by atoms with Crippen LogP contribution in [0, 0.1) is 0 Å². The largest absolute Gasteiger partial charge is 0.368 e. The number of rotatable bonds is 8. The number of nitrogens with zero attached hydrogens (tertiary/aromatic N) is 2. The van der Waals surface area contributed by atoms with Gasteiger partial charge in [0, 0.05) is 44.8 Å². The van der Waals surface area contributed by atoms with Crippen LogP contribution in [-0.2, 0) is 9.59 Å². The number of benzene rings is 1. The lowest BCUT2D eigenvalue weighted by Gasteiger charge is -2.36. The molecule has 3 N–H and O–H groups in total. The van der Waals surface area contributed by atoms with E-state index in [0.29, 0.717) is 19.4 Å². The standard InChI is InChI=1S/C18H28N4O2S/c1-25-14-8-16(19)18(24)20-9-7-17(23)22-12-10-21(11-13-22)15-5-3-2-4-6-15/h2-6,16H,7-14,19H2,1H3,(H,20,24)/t16-/m0/s1. The number of nitrogens with one attached hydrogen (secondary N) is 1. The minimum Gasteiger partial charge on any atom is -0.368 e. The summed E-state index contributed by atoms with van der Waals surface area (Å²) in [7, 11) is 0. The van der Waals surface area contributed by atoms with Crippen LogP contribution >= 0.6 is 11.8 Å². The van der Waals surface area contributed by atoms with Gasteiger partial charge in [0.2, 0.25) is 11.8 Å². The van der Waals surface area contributed by atoms with Crippen LogP contribution in [0.2, 0.25) is 0 Å². The van der Waals surface area contributed by atoms with Gasteiger partial charge >= 0.3 is 0 Å². The molecule has 0 unspecified atom stereocenters. The van der Waals surface area contributed by atoms with Crippen LogP contribution in [0.25, 0.3) is 0 Å². The molecule has 0 spiro atoms. The summed E-state index contributed by atoms with van der Waals surface area (Å²) in [5, 5.41) is 2.76. The van der Waals surface area contributed by atoms with Crippen molar-refractivity contribution in [3.63, 3.8) is 0 Å². The van der Waals surface area contributed by atoms with Crippen molar-refractivity contribution in [3.8, 4) is 0 Å². The molecule has 1 aromatic rings. The Balaban J connectivity index is 1.66. The van der Waals surface area contributed by atoms with Gasteiger partial charge in [-0.25, -0.2) is 0 Å². The lowest BCUT2D eigenvalue weighted by Crippen LogP contribution is -2.49. The van der Waals surface area contributed by atoms with Gasteiger partial charge < -0.3 is 20.9 Å². The first-order valence-corrected chi connectivity index (χ1v) is 10.1. The third kappa shape index (κ3) is 6.25. The molecule has 6 nitrogen and oxygen atoms in total. The van der Waals surface area contributed by atoms with Gasteiger partial charge in [-0.05, 0) is 30.6 Å². The molecule has 1 aliphatic heterocycles. The summed E-state index contributed by atoms with van der Waals surface area (Å²) in [5.74, 6) is 0.778. The molecule has 138 valence electrons. The molecule has 0 radical (unpaired) electrons. The summed E-state index contributed by atoms with van der Waals surface area (Å²) >= 11 is 1.67. The number of piperazine rings is 1. The average molecular weight is 365 g/mol. The first-order valence-electron chi connectivity index (χ1n) is 8.72. The third-order valence-electron chi connectivity index (χ3n) is 4.36. The summed E-state index contributed by atoms with van der Waals surface area (Å²) in [6, 6.07) is 9.75. The molecule has 1 aromatic carbocycles. The number of para-hydroxylation sites is 1. The predicted molar refractivity (Wildman–Crippen MR) is 104 cm³/mol. The Labute approximate surface area is 154 Å². The summed E-state index contributed by atoms with van der Waals surface area (Å²) in [6.07, 6.45) is 2.97. The van der Waals surface area contributed by atoms with Crippen molar-refractivity contribution >= 4 is 29.3 Å². The Kier molecular flexibility index (Phi) is 8.08. The number of nitrogens with two attached hydrogens (primary N) is 1. The molecule has 25 heavy (non-hydrogen) atoms. The molecule has 0 aliphatic carbocycles. The van der Waals surface area contributed by atoms with E-state index in [0.717, 1.165) is 31.9 Å². The zero-order valence-electron chi connectivity index (χ0n) is 14.8.